The third kappa shape index (κ3) is 3.38. The molecule has 0 aliphatic rings. The first kappa shape index (κ1) is 11.7. The lowest BCUT2D eigenvalue weighted by Gasteiger charge is -2.22. The van der Waals surface area contributed by atoms with Gasteiger partial charge in [-0.05, 0) is 18.4 Å². The van der Waals surface area contributed by atoms with Gasteiger partial charge < -0.3 is 15.2 Å². The molecule has 3 nitrogen and oxygen atoms in total. The van der Waals surface area contributed by atoms with E-state index in [4.69, 9.17) is 4.74 Å². The summed E-state index contributed by atoms with van der Waals surface area (Å²) in [6.45, 7) is 3.80. The van der Waals surface area contributed by atoms with Crippen LogP contribution in [0.2, 0.25) is 0 Å². The van der Waals surface area contributed by atoms with E-state index in [9.17, 15) is 5.11 Å². The van der Waals surface area contributed by atoms with Gasteiger partial charge in [0.25, 0.3) is 0 Å². The number of aliphatic hydroxyl groups is 1. The summed E-state index contributed by atoms with van der Waals surface area (Å²) in [4.78, 5) is 0.988. The normalized spacial score (nSPS) is 15.4. The fourth-order valence-corrected chi connectivity index (χ4v) is 1.97. The quantitative estimate of drug-likeness (QED) is 0.700. The zero-order valence-corrected chi connectivity index (χ0v) is 9.43. The second-order valence-electron chi connectivity index (χ2n) is 3.42. The molecule has 1 atom stereocenters. The van der Waals surface area contributed by atoms with E-state index in [0.29, 0.717) is 13.2 Å². The van der Waals surface area contributed by atoms with Gasteiger partial charge in [-0.2, -0.15) is 0 Å². The van der Waals surface area contributed by atoms with Gasteiger partial charge in [0.05, 0.1) is 6.61 Å². The highest BCUT2D eigenvalue weighted by Gasteiger charge is 2.23. The Morgan fingerprint density at radius 1 is 1.64 bits per heavy atom. The number of hydrogen-bond donors (Lipinski definition) is 2. The Bertz CT molecular complexity index is 247. The summed E-state index contributed by atoms with van der Waals surface area (Å²) in [6, 6.07) is 3.90. The lowest BCUT2D eigenvalue weighted by atomic mass is 10.1. The average Bonchev–Trinajstić information content (AvgIpc) is 2.65. The van der Waals surface area contributed by atoms with Crippen LogP contribution in [0.1, 0.15) is 11.8 Å². The van der Waals surface area contributed by atoms with Crippen LogP contribution >= 0.6 is 11.3 Å². The number of rotatable bonds is 6. The third-order valence-electron chi connectivity index (χ3n) is 2.00. The smallest absolute Gasteiger partial charge is 0.108 e. The zero-order chi connectivity index (χ0) is 10.4. The molecule has 0 radical (unpaired) electrons. The molecule has 0 saturated heterocycles. The summed E-state index contributed by atoms with van der Waals surface area (Å²) in [5.41, 5.74) is -0.776. The van der Waals surface area contributed by atoms with E-state index in [1.54, 1.807) is 18.4 Å². The van der Waals surface area contributed by atoms with Crippen LogP contribution in [0.4, 0.5) is 0 Å². The Hall–Kier alpha value is -0.420. The number of nitrogens with one attached hydrogen (secondary N) is 1. The van der Waals surface area contributed by atoms with Crippen molar-refractivity contribution in [1.29, 1.82) is 0 Å². The second kappa shape index (κ2) is 5.46. The van der Waals surface area contributed by atoms with Gasteiger partial charge in [-0.25, -0.2) is 0 Å². The van der Waals surface area contributed by atoms with Gasteiger partial charge in [-0.1, -0.05) is 6.07 Å². The van der Waals surface area contributed by atoms with Gasteiger partial charge in [0.1, 0.15) is 5.60 Å². The predicted molar refractivity (Wildman–Crippen MR) is 58.6 cm³/mol. The Morgan fingerprint density at radius 3 is 3.00 bits per heavy atom. The molecular weight excluding hydrogens is 198 g/mol. The molecule has 0 aliphatic carbocycles. The lowest BCUT2D eigenvalue weighted by molar-refractivity contribution is 0.0587. The molecule has 0 fully saturated rings. The molecule has 80 valence electrons. The molecule has 1 aromatic rings. The van der Waals surface area contributed by atoms with Crippen molar-refractivity contribution >= 4 is 11.3 Å². The summed E-state index contributed by atoms with van der Waals surface area (Å²) in [6.07, 6.45) is 0. The molecule has 0 saturated carbocycles. The largest absolute Gasteiger partial charge is 0.383 e. The molecule has 4 heteroatoms. The van der Waals surface area contributed by atoms with Crippen molar-refractivity contribution < 1.29 is 9.84 Å². The van der Waals surface area contributed by atoms with Crippen molar-refractivity contribution in [3.8, 4) is 0 Å². The van der Waals surface area contributed by atoms with Crippen LogP contribution in [0, 0.1) is 0 Å². The van der Waals surface area contributed by atoms with E-state index >= 15 is 0 Å². The Morgan fingerprint density at radius 2 is 2.43 bits per heavy atom. The van der Waals surface area contributed by atoms with E-state index in [2.05, 4.69) is 5.32 Å². The van der Waals surface area contributed by atoms with Crippen LogP contribution in [0.25, 0.3) is 0 Å². The van der Waals surface area contributed by atoms with E-state index in [-0.39, 0.29) is 0 Å². The lowest BCUT2D eigenvalue weighted by Crippen LogP contribution is -2.36. The fraction of sp³-hybridized carbons (Fsp3) is 0.600. The molecular formula is C10H17NO2S. The number of ether oxygens (including phenoxy) is 1. The van der Waals surface area contributed by atoms with Gasteiger partial charge in [0, 0.05) is 25.1 Å². The first-order valence-electron chi connectivity index (χ1n) is 4.63. The van der Waals surface area contributed by atoms with E-state index in [1.165, 1.54) is 0 Å². The molecule has 0 aliphatic heterocycles. The third-order valence-corrected chi connectivity index (χ3v) is 3.13. The minimum absolute atomic E-state index is 0.552. The van der Waals surface area contributed by atoms with Crippen LogP contribution in [0.3, 0.4) is 0 Å². The van der Waals surface area contributed by atoms with Gasteiger partial charge in [0.2, 0.25) is 0 Å². The first-order chi connectivity index (χ1) is 6.67. The van der Waals surface area contributed by atoms with Gasteiger partial charge in [0.15, 0.2) is 0 Å². The second-order valence-corrected chi connectivity index (χ2v) is 4.37. The van der Waals surface area contributed by atoms with Gasteiger partial charge in [-0.15, -0.1) is 11.3 Å². The standard InChI is InChI=1S/C10H17NO2S/c1-10(12,8-11-5-6-13-2)9-4-3-7-14-9/h3-4,7,11-12H,5-6,8H2,1-2H3. The summed E-state index contributed by atoms with van der Waals surface area (Å²) in [5, 5.41) is 15.2. The van der Waals surface area contributed by atoms with Crippen LogP contribution in [0.15, 0.2) is 17.5 Å². The number of thiophene rings is 1. The molecule has 14 heavy (non-hydrogen) atoms. The Kier molecular flexibility index (Phi) is 4.54. The molecule has 0 bridgehead atoms. The van der Waals surface area contributed by atoms with Crippen LogP contribution in [-0.2, 0) is 10.3 Å². The van der Waals surface area contributed by atoms with Crippen molar-refractivity contribution in [2.75, 3.05) is 26.8 Å². The highest BCUT2D eigenvalue weighted by Crippen LogP contribution is 2.24. The predicted octanol–water partition coefficient (Wildman–Crippen LogP) is 1.19. The van der Waals surface area contributed by atoms with Crippen LogP contribution in [0.5, 0.6) is 0 Å². The number of hydrogen-bond acceptors (Lipinski definition) is 4. The van der Waals surface area contributed by atoms with E-state index in [1.807, 2.05) is 24.4 Å². The molecule has 1 heterocycles. The molecule has 1 aromatic heterocycles. The van der Waals surface area contributed by atoms with Crippen molar-refractivity contribution in [2.45, 2.75) is 12.5 Å². The summed E-state index contributed by atoms with van der Waals surface area (Å²) >= 11 is 1.57. The summed E-state index contributed by atoms with van der Waals surface area (Å²) in [7, 11) is 1.67. The van der Waals surface area contributed by atoms with Crippen molar-refractivity contribution in [3.63, 3.8) is 0 Å². The summed E-state index contributed by atoms with van der Waals surface area (Å²) < 4.78 is 4.91. The van der Waals surface area contributed by atoms with Crippen molar-refractivity contribution in [2.24, 2.45) is 0 Å². The van der Waals surface area contributed by atoms with E-state index in [0.717, 1.165) is 11.4 Å². The molecule has 1 rings (SSSR count). The topological polar surface area (TPSA) is 41.5 Å². The van der Waals surface area contributed by atoms with Crippen molar-refractivity contribution in [3.05, 3.63) is 22.4 Å². The highest BCUT2D eigenvalue weighted by molar-refractivity contribution is 7.10. The van der Waals surface area contributed by atoms with E-state index < -0.39 is 5.60 Å². The maximum Gasteiger partial charge on any atom is 0.108 e. The minimum Gasteiger partial charge on any atom is -0.383 e. The van der Waals surface area contributed by atoms with Gasteiger partial charge in [-0.3, -0.25) is 0 Å². The SMILES string of the molecule is COCCNCC(C)(O)c1cccs1. The Balaban J connectivity index is 2.35. The zero-order valence-electron chi connectivity index (χ0n) is 8.62. The molecule has 0 amide bonds. The molecule has 0 spiro atoms. The first-order valence-corrected chi connectivity index (χ1v) is 5.51. The van der Waals surface area contributed by atoms with Crippen molar-refractivity contribution in [1.82, 2.24) is 5.32 Å². The van der Waals surface area contributed by atoms with Gasteiger partial charge >= 0.3 is 0 Å². The molecule has 1 unspecified atom stereocenters. The average molecular weight is 215 g/mol. The number of methoxy groups -OCH3 is 1. The van der Waals surface area contributed by atoms with Crippen LogP contribution < -0.4 is 5.32 Å². The Labute approximate surface area is 88.7 Å². The fourth-order valence-electron chi connectivity index (χ4n) is 1.18. The van der Waals surface area contributed by atoms with Crippen LogP contribution in [-0.4, -0.2) is 31.9 Å². The minimum atomic E-state index is -0.776. The highest BCUT2D eigenvalue weighted by atomic mass is 32.1. The maximum absolute atomic E-state index is 10.1. The maximum atomic E-state index is 10.1. The molecule has 2 N–H and O–H groups in total. The monoisotopic (exact) mass is 215 g/mol. The summed E-state index contributed by atoms with van der Waals surface area (Å²) in [5.74, 6) is 0. The molecule has 0 aromatic carbocycles.